The predicted octanol–water partition coefficient (Wildman–Crippen LogP) is 6.50. The number of halogens is 3. The number of amides is 3. The van der Waals surface area contributed by atoms with E-state index in [1.165, 1.54) is 15.9 Å². The summed E-state index contributed by atoms with van der Waals surface area (Å²) in [5.41, 5.74) is 1.79. The highest BCUT2D eigenvalue weighted by Crippen LogP contribution is 2.56. The Hall–Kier alpha value is -4.46. The molecule has 2 saturated heterocycles. The minimum absolute atomic E-state index is 0.0444. The van der Waals surface area contributed by atoms with Crippen molar-refractivity contribution < 1.29 is 27.6 Å². The van der Waals surface area contributed by atoms with Crippen molar-refractivity contribution in [1.82, 2.24) is 9.80 Å². The van der Waals surface area contributed by atoms with Crippen LogP contribution in [0.4, 0.5) is 18.0 Å². The van der Waals surface area contributed by atoms with Gasteiger partial charge in [-0.15, -0.1) is 0 Å². The first kappa shape index (κ1) is 27.7. The van der Waals surface area contributed by atoms with Gasteiger partial charge >= 0.3 is 12.2 Å². The molecule has 2 fully saturated rings. The maximum atomic E-state index is 14.6. The van der Waals surface area contributed by atoms with Gasteiger partial charge in [-0.05, 0) is 48.6 Å². The van der Waals surface area contributed by atoms with Crippen LogP contribution in [0.3, 0.4) is 0 Å². The molecule has 0 unspecified atom stereocenters. The number of fused-ring (bicyclic) bond motifs is 3. The number of carbonyl (C=O) groups excluding carboxylic acids is 3. The quantitative estimate of drug-likeness (QED) is 0.251. The number of Topliss-reactive ketones (excluding diaryl/α,β-unsaturated/α-hetero) is 1. The lowest BCUT2D eigenvalue weighted by Crippen LogP contribution is -2.52. The topological polar surface area (TPSA) is 57.7 Å². The van der Waals surface area contributed by atoms with Crippen molar-refractivity contribution in [3.63, 3.8) is 0 Å². The number of ketones is 1. The van der Waals surface area contributed by atoms with Crippen LogP contribution < -0.4 is 0 Å². The molecule has 2 atom stereocenters. The van der Waals surface area contributed by atoms with Crippen LogP contribution in [0.15, 0.2) is 102 Å². The molecule has 1 aliphatic carbocycles. The van der Waals surface area contributed by atoms with Gasteiger partial charge in [0.05, 0.1) is 5.56 Å². The highest BCUT2D eigenvalue weighted by Gasteiger charge is 2.69. The summed E-state index contributed by atoms with van der Waals surface area (Å²) in [4.78, 5) is 45.3. The molecule has 42 heavy (non-hydrogen) atoms. The second-order valence-corrected chi connectivity index (χ2v) is 11.3. The first-order chi connectivity index (χ1) is 20.0. The molecule has 5 nitrogen and oxygen atoms in total. The molecule has 0 spiro atoms. The second-order valence-electron chi connectivity index (χ2n) is 11.3. The molecule has 214 valence electrons. The van der Waals surface area contributed by atoms with Gasteiger partial charge in [0.1, 0.15) is 5.54 Å². The number of hydrogen-bond donors (Lipinski definition) is 0. The number of imide groups is 1. The fourth-order valence-corrected chi connectivity index (χ4v) is 6.80. The SMILES string of the molecule is CC(C)=C1C(=O)C(c2ccccc2)=C2CN3C(=O)N(CCc4ccccc4)C(=O)[C@]3(Cc3cccc(C(F)(F)F)c3)[C@H]21. The Morgan fingerprint density at radius 1 is 0.881 bits per heavy atom. The van der Waals surface area contributed by atoms with Crippen LogP contribution in [0.1, 0.15) is 36.1 Å². The van der Waals surface area contributed by atoms with Gasteiger partial charge in [0.2, 0.25) is 0 Å². The van der Waals surface area contributed by atoms with Crippen molar-refractivity contribution in [3.05, 3.63) is 124 Å². The molecule has 2 heterocycles. The maximum absolute atomic E-state index is 14.6. The number of hydrogen-bond acceptors (Lipinski definition) is 3. The lowest BCUT2D eigenvalue weighted by molar-refractivity contribution is -0.137. The molecular formula is C34H29F3N2O3. The molecule has 0 bridgehead atoms. The summed E-state index contributed by atoms with van der Waals surface area (Å²) >= 11 is 0. The van der Waals surface area contributed by atoms with Crippen LogP contribution in [0.2, 0.25) is 0 Å². The van der Waals surface area contributed by atoms with Gasteiger partial charge in [-0.2, -0.15) is 13.2 Å². The summed E-state index contributed by atoms with van der Waals surface area (Å²) in [6, 6.07) is 23.0. The van der Waals surface area contributed by atoms with E-state index in [1.807, 2.05) is 60.7 Å². The molecule has 0 saturated carbocycles. The Morgan fingerprint density at radius 2 is 1.52 bits per heavy atom. The van der Waals surface area contributed by atoms with Crippen LogP contribution in [0.25, 0.3) is 5.57 Å². The van der Waals surface area contributed by atoms with E-state index < -0.39 is 35.1 Å². The lowest BCUT2D eigenvalue weighted by atomic mass is 9.74. The third-order valence-corrected chi connectivity index (χ3v) is 8.59. The molecule has 0 aromatic heterocycles. The minimum Gasteiger partial charge on any atom is -0.304 e. The fourth-order valence-electron chi connectivity index (χ4n) is 6.80. The van der Waals surface area contributed by atoms with Gasteiger partial charge in [-0.1, -0.05) is 84.4 Å². The van der Waals surface area contributed by atoms with Gasteiger partial charge in [-0.3, -0.25) is 14.5 Å². The summed E-state index contributed by atoms with van der Waals surface area (Å²) in [7, 11) is 0. The highest BCUT2D eigenvalue weighted by molar-refractivity contribution is 6.34. The van der Waals surface area contributed by atoms with Crippen molar-refractivity contribution in [2.24, 2.45) is 5.92 Å². The Kier molecular flexibility index (Phi) is 6.67. The second kappa shape index (κ2) is 10.1. The monoisotopic (exact) mass is 570 g/mol. The molecule has 6 rings (SSSR count). The summed E-state index contributed by atoms with van der Waals surface area (Å²) < 4.78 is 41.1. The number of alkyl halides is 3. The smallest absolute Gasteiger partial charge is 0.304 e. The van der Waals surface area contributed by atoms with Gasteiger partial charge in [0, 0.05) is 36.6 Å². The van der Waals surface area contributed by atoms with E-state index in [0.717, 1.165) is 17.7 Å². The van der Waals surface area contributed by atoms with Gasteiger partial charge < -0.3 is 4.90 Å². The number of nitrogens with zero attached hydrogens (tertiary/aromatic N) is 2. The third kappa shape index (κ3) is 4.28. The predicted molar refractivity (Wildman–Crippen MR) is 152 cm³/mol. The Morgan fingerprint density at radius 3 is 2.17 bits per heavy atom. The summed E-state index contributed by atoms with van der Waals surface area (Å²) in [5, 5.41) is 0. The molecule has 0 N–H and O–H groups in total. The van der Waals surface area contributed by atoms with Crippen molar-refractivity contribution in [2.45, 2.75) is 38.4 Å². The Bertz CT molecular complexity index is 1660. The van der Waals surface area contributed by atoms with E-state index in [0.29, 0.717) is 34.3 Å². The average molecular weight is 571 g/mol. The molecule has 8 heteroatoms. The van der Waals surface area contributed by atoms with E-state index in [1.54, 1.807) is 19.9 Å². The van der Waals surface area contributed by atoms with Gasteiger partial charge in [-0.25, -0.2) is 4.79 Å². The van der Waals surface area contributed by atoms with Gasteiger partial charge in [0.15, 0.2) is 5.78 Å². The molecule has 2 aliphatic heterocycles. The number of allylic oxidation sites excluding steroid dienone is 2. The number of urea groups is 1. The molecule has 3 amide bonds. The number of carbonyl (C=O) groups is 3. The zero-order valence-electron chi connectivity index (χ0n) is 23.2. The average Bonchev–Trinajstić information content (AvgIpc) is 3.51. The van der Waals surface area contributed by atoms with E-state index in [-0.39, 0.29) is 30.9 Å². The normalized spacial score (nSPS) is 21.9. The first-order valence-corrected chi connectivity index (χ1v) is 13.9. The zero-order valence-corrected chi connectivity index (χ0v) is 23.2. The fraction of sp³-hybridized carbons (Fsp3) is 0.265. The minimum atomic E-state index is -4.57. The zero-order chi connectivity index (χ0) is 29.8. The molecule has 3 aliphatic rings. The standard InChI is InChI=1S/C34H29F3N2O3/c1-21(2)27-29-26(28(30(27)40)24-13-7-4-8-14-24)20-39-32(42)38(17-16-22-10-5-3-6-11-22)31(41)33(29,39)19-23-12-9-15-25(18-23)34(35,36)37/h3-15,18,29H,16-17,19-20H2,1-2H3/t29-,33+/m1/s1. The number of rotatable bonds is 6. The van der Waals surface area contributed by atoms with E-state index in [4.69, 9.17) is 0 Å². The van der Waals surface area contributed by atoms with Crippen LogP contribution in [0, 0.1) is 5.92 Å². The summed E-state index contributed by atoms with van der Waals surface area (Å²) in [6.45, 7) is 3.77. The maximum Gasteiger partial charge on any atom is 0.416 e. The van der Waals surface area contributed by atoms with Crippen LogP contribution in [-0.4, -0.2) is 46.1 Å². The van der Waals surface area contributed by atoms with Crippen LogP contribution >= 0.6 is 0 Å². The highest BCUT2D eigenvalue weighted by atomic mass is 19.4. The van der Waals surface area contributed by atoms with Crippen LogP contribution in [-0.2, 0) is 28.6 Å². The van der Waals surface area contributed by atoms with E-state index >= 15 is 0 Å². The van der Waals surface area contributed by atoms with Crippen molar-refractivity contribution in [1.29, 1.82) is 0 Å². The Balaban J connectivity index is 1.51. The van der Waals surface area contributed by atoms with Crippen molar-refractivity contribution in [3.8, 4) is 0 Å². The molecule has 3 aromatic carbocycles. The molecular weight excluding hydrogens is 541 g/mol. The third-order valence-electron chi connectivity index (χ3n) is 8.59. The summed E-state index contributed by atoms with van der Waals surface area (Å²) in [6.07, 6.45) is -4.29. The van der Waals surface area contributed by atoms with E-state index in [9.17, 15) is 27.6 Å². The van der Waals surface area contributed by atoms with Crippen molar-refractivity contribution in [2.75, 3.05) is 13.1 Å². The van der Waals surface area contributed by atoms with E-state index in [2.05, 4.69) is 0 Å². The Labute approximate surface area is 241 Å². The molecule has 0 radical (unpaired) electrons. The van der Waals surface area contributed by atoms with Crippen LogP contribution in [0.5, 0.6) is 0 Å². The summed E-state index contributed by atoms with van der Waals surface area (Å²) in [5.74, 6) is -1.45. The number of benzene rings is 3. The lowest BCUT2D eigenvalue weighted by Gasteiger charge is -2.34. The van der Waals surface area contributed by atoms with Crippen molar-refractivity contribution >= 4 is 23.3 Å². The molecule has 3 aromatic rings. The van der Waals surface area contributed by atoms with Gasteiger partial charge in [0.25, 0.3) is 5.91 Å². The largest absolute Gasteiger partial charge is 0.416 e. The first-order valence-electron chi connectivity index (χ1n) is 13.9.